The monoisotopic (exact) mass is 402 g/mol. The minimum Gasteiger partial charge on any atom is -0.469 e. The second-order valence-corrected chi connectivity index (χ2v) is 4.39. The van der Waals surface area contributed by atoms with Gasteiger partial charge in [0.15, 0.2) is 0 Å². The molecule has 0 aliphatic rings. The van der Waals surface area contributed by atoms with Gasteiger partial charge in [-0.25, -0.2) is 4.79 Å². The topological polar surface area (TPSA) is 105 Å². The number of methoxy groups -OCH3 is 4. The van der Waals surface area contributed by atoms with Crippen LogP contribution >= 0.6 is 0 Å². The molecule has 0 amide bonds. The van der Waals surface area contributed by atoms with Crippen molar-refractivity contribution < 1.29 is 38.1 Å². The summed E-state index contributed by atoms with van der Waals surface area (Å²) < 4.78 is 16.9. The average Bonchev–Trinajstić information content (AvgIpc) is 2.70. The fourth-order valence-electron chi connectivity index (χ4n) is 0.912. The van der Waals surface area contributed by atoms with Gasteiger partial charge in [0, 0.05) is 20.8 Å². The molecule has 0 unspecified atom stereocenters. The Balaban J connectivity index is -0.000000145. The molecule has 1 aromatic carbocycles. The Kier molecular flexibility index (Phi) is 28.2. The number of esters is 4. The number of hydrogen-bond donors (Lipinski definition) is 0. The molecule has 0 heterocycles. The van der Waals surface area contributed by atoms with Crippen molar-refractivity contribution in [1.82, 2.24) is 0 Å². The van der Waals surface area contributed by atoms with Gasteiger partial charge in [0.1, 0.15) is 0 Å². The molecule has 0 aromatic heterocycles. The van der Waals surface area contributed by atoms with E-state index in [-0.39, 0.29) is 23.9 Å². The largest absolute Gasteiger partial charge is 0.469 e. The van der Waals surface area contributed by atoms with E-state index in [0.717, 1.165) is 5.56 Å². The maximum atomic E-state index is 11.0. The van der Waals surface area contributed by atoms with Gasteiger partial charge in [0.2, 0.25) is 0 Å². The summed E-state index contributed by atoms with van der Waals surface area (Å²) in [5.41, 5.74) is 1.58. The molecule has 0 aliphatic heterocycles. The van der Waals surface area contributed by atoms with E-state index >= 15 is 0 Å². The van der Waals surface area contributed by atoms with Crippen molar-refractivity contribution in [2.24, 2.45) is 0 Å². The summed E-state index contributed by atoms with van der Waals surface area (Å²) in [6, 6.07) is 7.34. The van der Waals surface area contributed by atoms with Gasteiger partial charge in [-0.3, -0.25) is 14.4 Å². The van der Waals surface area contributed by atoms with E-state index in [9.17, 15) is 19.2 Å². The van der Waals surface area contributed by atoms with E-state index in [1.807, 2.05) is 39.0 Å². The van der Waals surface area contributed by atoms with Crippen LogP contribution in [-0.4, -0.2) is 52.3 Å². The SMILES string of the molecule is CC.COC(=O)c1ccccc1C.COC(C)=O.COC(C)=O.COC(C)=O. The summed E-state index contributed by atoms with van der Waals surface area (Å²) in [6.07, 6.45) is 0. The third-order valence-electron chi connectivity index (χ3n) is 2.41. The molecule has 1 aromatic rings. The first-order chi connectivity index (χ1) is 13.1. The zero-order chi connectivity index (χ0) is 23.1. The van der Waals surface area contributed by atoms with E-state index in [1.165, 1.54) is 49.2 Å². The molecule has 0 saturated heterocycles. The molecular weight excluding hydrogens is 368 g/mol. The highest BCUT2D eigenvalue weighted by molar-refractivity contribution is 5.90. The number of carbonyl (C=O) groups is 4. The second kappa shape index (κ2) is 24.1. The minimum atomic E-state index is -0.275. The van der Waals surface area contributed by atoms with Gasteiger partial charge in [-0.2, -0.15) is 0 Å². The van der Waals surface area contributed by atoms with Gasteiger partial charge in [0.25, 0.3) is 0 Å². The summed E-state index contributed by atoms with van der Waals surface area (Å²) in [5.74, 6) is -1.01. The van der Waals surface area contributed by atoms with Crippen LogP contribution in [0.25, 0.3) is 0 Å². The molecule has 0 aliphatic carbocycles. The summed E-state index contributed by atoms with van der Waals surface area (Å²) in [7, 11) is 5.43. The first-order valence-corrected chi connectivity index (χ1v) is 8.34. The molecule has 1 rings (SSSR count). The van der Waals surface area contributed by atoms with E-state index < -0.39 is 0 Å². The van der Waals surface area contributed by atoms with Gasteiger partial charge < -0.3 is 18.9 Å². The molecule has 0 bridgehead atoms. The molecule has 0 fully saturated rings. The van der Waals surface area contributed by atoms with Gasteiger partial charge >= 0.3 is 23.9 Å². The smallest absolute Gasteiger partial charge is 0.338 e. The van der Waals surface area contributed by atoms with Crippen molar-refractivity contribution >= 4 is 23.9 Å². The zero-order valence-electron chi connectivity index (χ0n) is 18.6. The van der Waals surface area contributed by atoms with Crippen molar-refractivity contribution in [3.8, 4) is 0 Å². The van der Waals surface area contributed by atoms with Crippen molar-refractivity contribution in [3.05, 3.63) is 35.4 Å². The molecule has 0 radical (unpaired) electrons. The molecule has 0 N–H and O–H groups in total. The van der Waals surface area contributed by atoms with Crippen LogP contribution in [-0.2, 0) is 33.3 Å². The van der Waals surface area contributed by atoms with Gasteiger partial charge in [-0.15, -0.1) is 0 Å². The molecule has 8 nitrogen and oxygen atoms in total. The van der Waals surface area contributed by atoms with Crippen LogP contribution in [0.1, 0.15) is 50.5 Å². The van der Waals surface area contributed by atoms with E-state index in [2.05, 4.69) is 18.9 Å². The quantitative estimate of drug-likeness (QED) is 0.520. The molecule has 0 atom stereocenters. The fourth-order valence-corrected chi connectivity index (χ4v) is 0.912. The summed E-state index contributed by atoms with van der Waals surface area (Å²) in [5, 5.41) is 0. The van der Waals surface area contributed by atoms with E-state index in [0.29, 0.717) is 5.56 Å². The third kappa shape index (κ3) is 27.9. The fraction of sp³-hybridized carbons (Fsp3) is 0.500. The van der Waals surface area contributed by atoms with Gasteiger partial charge in [0.05, 0.1) is 34.0 Å². The lowest BCUT2D eigenvalue weighted by atomic mass is 10.1. The summed E-state index contributed by atoms with van der Waals surface area (Å²) in [4.78, 5) is 39.8. The average molecular weight is 402 g/mol. The Morgan fingerprint density at radius 2 is 0.929 bits per heavy atom. The van der Waals surface area contributed by atoms with Crippen molar-refractivity contribution in [3.63, 3.8) is 0 Å². The van der Waals surface area contributed by atoms with Crippen LogP contribution < -0.4 is 0 Å². The lowest BCUT2D eigenvalue weighted by Crippen LogP contribution is -2.02. The van der Waals surface area contributed by atoms with Crippen LogP contribution in [0.5, 0.6) is 0 Å². The molecule has 8 heteroatoms. The summed E-state index contributed by atoms with van der Waals surface area (Å²) in [6.45, 7) is 9.96. The van der Waals surface area contributed by atoms with Gasteiger partial charge in [-0.05, 0) is 18.6 Å². The predicted molar refractivity (Wildman–Crippen MR) is 107 cm³/mol. The number of rotatable bonds is 1. The van der Waals surface area contributed by atoms with Crippen molar-refractivity contribution in [1.29, 1.82) is 0 Å². The third-order valence-corrected chi connectivity index (χ3v) is 2.41. The van der Waals surface area contributed by atoms with Crippen LogP contribution in [0.15, 0.2) is 24.3 Å². The zero-order valence-corrected chi connectivity index (χ0v) is 18.6. The standard InChI is InChI=1S/C9H10O2.3C3H6O2.C2H6/c1-7-5-3-4-6-8(7)9(10)11-2;3*1-3(4)5-2;1-2/h3-6H,1-2H3;3*1-2H3;1-2H3. The molecule has 28 heavy (non-hydrogen) atoms. The lowest BCUT2D eigenvalue weighted by molar-refractivity contribution is -0.138. The van der Waals surface area contributed by atoms with Crippen molar-refractivity contribution in [2.75, 3.05) is 28.4 Å². The highest BCUT2D eigenvalue weighted by Gasteiger charge is 2.05. The van der Waals surface area contributed by atoms with Crippen LogP contribution in [0, 0.1) is 6.92 Å². The number of aryl methyl sites for hydroxylation is 1. The van der Waals surface area contributed by atoms with Crippen LogP contribution in [0.4, 0.5) is 0 Å². The first-order valence-electron chi connectivity index (χ1n) is 8.34. The minimum absolute atomic E-state index is 0.245. The Morgan fingerprint density at radius 3 is 1.14 bits per heavy atom. The normalized spacial score (nSPS) is 7.50. The second-order valence-electron chi connectivity index (χ2n) is 4.39. The highest BCUT2D eigenvalue weighted by atomic mass is 16.5. The molecule has 0 saturated carbocycles. The first kappa shape index (κ1) is 32.7. The Bertz CT molecular complexity index is 520. The van der Waals surface area contributed by atoms with E-state index in [4.69, 9.17) is 0 Å². The number of hydrogen-bond acceptors (Lipinski definition) is 8. The maximum Gasteiger partial charge on any atom is 0.338 e. The molecule has 0 spiro atoms. The summed E-state index contributed by atoms with van der Waals surface area (Å²) >= 11 is 0. The molecular formula is C20H34O8. The van der Waals surface area contributed by atoms with Crippen LogP contribution in [0.2, 0.25) is 0 Å². The Labute approximate surface area is 168 Å². The number of carbonyl (C=O) groups excluding carboxylic acids is 4. The van der Waals surface area contributed by atoms with Gasteiger partial charge in [-0.1, -0.05) is 32.0 Å². The molecule has 162 valence electrons. The Hall–Kier alpha value is -2.90. The predicted octanol–water partition coefficient (Wildman–Crippen LogP) is 3.35. The van der Waals surface area contributed by atoms with Crippen LogP contribution in [0.3, 0.4) is 0 Å². The number of ether oxygens (including phenoxy) is 4. The maximum absolute atomic E-state index is 11.0. The Morgan fingerprint density at radius 1 is 0.643 bits per heavy atom. The van der Waals surface area contributed by atoms with E-state index in [1.54, 1.807) is 6.07 Å². The van der Waals surface area contributed by atoms with Crippen molar-refractivity contribution in [2.45, 2.75) is 41.5 Å². The highest BCUT2D eigenvalue weighted by Crippen LogP contribution is 2.07. The number of benzene rings is 1. The lowest BCUT2D eigenvalue weighted by Gasteiger charge is -2.00.